The van der Waals surface area contributed by atoms with Gasteiger partial charge in [0.15, 0.2) is 0 Å². The number of hydrogen-bond donors (Lipinski definition) is 0. The Morgan fingerprint density at radius 2 is 1.76 bits per heavy atom. The van der Waals surface area contributed by atoms with Crippen molar-refractivity contribution in [3.05, 3.63) is 57.4 Å². The number of anilines is 2. The van der Waals surface area contributed by atoms with E-state index in [1.54, 1.807) is 30.1 Å². The van der Waals surface area contributed by atoms with Gasteiger partial charge >= 0.3 is 0 Å². The summed E-state index contributed by atoms with van der Waals surface area (Å²) >= 11 is 0. The summed E-state index contributed by atoms with van der Waals surface area (Å²) in [5.74, 6) is 1.46. The summed E-state index contributed by atoms with van der Waals surface area (Å²) in [7, 11) is 1.67. The van der Waals surface area contributed by atoms with Crippen molar-refractivity contribution < 1.29 is 0 Å². The first-order valence-corrected chi connectivity index (χ1v) is 10.1. The Bertz CT molecular complexity index is 1170. The quantitative estimate of drug-likeness (QED) is 0.665. The molecule has 0 spiro atoms. The monoisotopic (exact) mass is 392 g/mol. The SMILES string of the molecule is Cn1nc(N2CCN(c3ccc4c(=O)n(CC5CC5)cnc4c3)CC2)ccc1=O. The lowest BCUT2D eigenvalue weighted by molar-refractivity contribution is 0.601. The first-order chi connectivity index (χ1) is 14.1. The smallest absolute Gasteiger partial charge is 0.266 e. The molecule has 2 fully saturated rings. The molecule has 2 aliphatic rings. The lowest BCUT2D eigenvalue weighted by Gasteiger charge is -2.36. The number of rotatable bonds is 4. The van der Waals surface area contributed by atoms with E-state index in [0.717, 1.165) is 49.7 Å². The molecule has 8 nitrogen and oxygen atoms in total. The van der Waals surface area contributed by atoms with E-state index < -0.39 is 0 Å². The molecule has 2 aromatic heterocycles. The molecule has 1 aliphatic carbocycles. The van der Waals surface area contributed by atoms with Crippen LogP contribution in [0.5, 0.6) is 0 Å². The summed E-state index contributed by atoms with van der Waals surface area (Å²) in [4.78, 5) is 33.3. The number of piperazine rings is 1. The van der Waals surface area contributed by atoms with Gasteiger partial charge in [-0.25, -0.2) is 9.67 Å². The van der Waals surface area contributed by atoms with E-state index in [1.165, 1.54) is 17.5 Å². The number of aryl methyl sites for hydroxylation is 1. The Kier molecular flexibility index (Phi) is 4.34. The van der Waals surface area contributed by atoms with Crippen LogP contribution < -0.4 is 20.9 Å². The summed E-state index contributed by atoms with van der Waals surface area (Å²) < 4.78 is 3.12. The maximum Gasteiger partial charge on any atom is 0.266 e. The molecule has 0 radical (unpaired) electrons. The molecule has 3 aromatic rings. The summed E-state index contributed by atoms with van der Waals surface area (Å²) in [5.41, 5.74) is 1.78. The largest absolute Gasteiger partial charge is 0.368 e. The third-order valence-electron chi connectivity index (χ3n) is 5.88. The van der Waals surface area contributed by atoms with Crippen molar-refractivity contribution in [2.24, 2.45) is 13.0 Å². The van der Waals surface area contributed by atoms with Crippen molar-refractivity contribution in [3.8, 4) is 0 Å². The molecule has 0 bridgehead atoms. The molecule has 1 aliphatic heterocycles. The van der Waals surface area contributed by atoms with Gasteiger partial charge in [0.25, 0.3) is 11.1 Å². The molecular formula is C21H24N6O2. The van der Waals surface area contributed by atoms with Crippen LogP contribution in [-0.2, 0) is 13.6 Å². The number of nitrogens with zero attached hydrogens (tertiary/aromatic N) is 6. The fourth-order valence-electron chi connectivity index (χ4n) is 3.90. The van der Waals surface area contributed by atoms with Gasteiger partial charge in [0.2, 0.25) is 0 Å². The van der Waals surface area contributed by atoms with Crippen LogP contribution in [0.15, 0.2) is 46.2 Å². The van der Waals surface area contributed by atoms with Crippen LogP contribution in [0.3, 0.4) is 0 Å². The molecule has 0 atom stereocenters. The summed E-state index contributed by atoms with van der Waals surface area (Å²) in [5, 5.41) is 5.03. The van der Waals surface area contributed by atoms with Crippen molar-refractivity contribution in [1.82, 2.24) is 19.3 Å². The third kappa shape index (κ3) is 3.50. The minimum atomic E-state index is -0.104. The molecule has 1 aromatic carbocycles. The van der Waals surface area contributed by atoms with Gasteiger partial charge in [-0.1, -0.05) is 0 Å². The van der Waals surface area contributed by atoms with Gasteiger partial charge in [-0.3, -0.25) is 14.2 Å². The second kappa shape index (κ2) is 7.02. The van der Waals surface area contributed by atoms with Crippen LogP contribution in [0, 0.1) is 5.92 Å². The highest BCUT2D eigenvalue weighted by molar-refractivity contribution is 5.81. The van der Waals surface area contributed by atoms with Crippen LogP contribution in [0.1, 0.15) is 12.8 Å². The Labute approximate surface area is 168 Å². The second-order valence-corrected chi connectivity index (χ2v) is 7.97. The minimum absolute atomic E-state index is 0.0547. The van der Waals surface area contributed by atoms with Gasteiger partial charge in [-0.15, -0.1) is 0 Å². The normalized spacial score (nSPS) is 17.1. The molecule has 1 saturated carbocycles. The van der Waals surface area contributed by atoms with Gasteiger partial charge in [0, 0.05) is 51.5 Å². The Morgan fingerprint density at radius 1 is 1.00 bits per heavy atom. The van der Waals surface area contributed by atoms with Gasteiger partial charge in [0.05, 0.1) is 17.2 Å². The number of aromatic nitrogens is 4. The first kappa shape index (κ1) is 17.9. The van der Waals surface area contributed by atoms with Crippen molar-refractivity contribution in [2.75, 3.05) is 36.0 Å². The lowest BCUT2D eigenvalue weighted by atomic mass is 10.2. The predicted octanol–water partition coefficient (Wildman–Crippen LogP) is 1.23. The van der Waals surface area contributed by atoms with E-state index in [-0.39, 0.29) is 11.1 Å². The van der Waals surface area contributed by atoms with Crippen molar-refractivity contribution in [3.63, 3.8) is 0 Å². The zero-order valence-corrected chi connectivity index (χ0v) is 16.5. The Hall–Kier alpha value is -3.16. The highest BCUT2D eigenvalue weighted by atomic mass is 16.1. The van der Waals surface area contributed by atoms with Gasteiger partial charge in [0.1, 0.15) is 5.82 Å². The summed E-state index contributed by atoms with van der Waals surface area (Å²) in [6.45, 7) is 4.10. The van der Waals surface area contributed by atoms with E-state index in [2.05, 4.69) is 19.9 Å². The standard InChI is InChI=1S/C21H24N6O2/c1-24-20(28)7-6-19(23-24)26-10-8-25(9-11-26)16-4-5-17-18(12-16)22-14-27(21(17)29)13-15-2-3-15/h4-7,12,14-15H,2-3,8-11,13H2,1H3. The maximum atomic E-state index is 12.7. The third-order valence-corrected chi connectivity index (χ3v) is 5.88. The molecule has 8 heteroatoms. The minimum Gasteiger partial charge on any atom is -0.368 e. The van der Waals surface area contributed by atoms with Crippen molar-refractivity contribution >= 4 is 22.4 Å². The topological polar surface area (TPSA) is 76.3 Å². The van der Waals surface area contributed by atoms with Crippen molar-refractivity contribution in [2.45, 2.75) is 19.4 Å². The van der Waals surface area contributed by atoms with Crippen LogP contribution in [-0.4, -0.2) is 45.5 Å². The van der Waals surface area contributed by atoms with Gasteiger partial charge < -0.3 is 9.80 Å². The Balaban J connectivity index is 1.33. The zero-order chi connectivity index (χ0) is 20.0. The number of benzene rings is 1. The van der Waals surface area contributed by atoms with E-state index in [9.17, 15) is 9.59 Å². The fourth-order valence-corrected chi connectivity index (χ4v) is 3.90. The van der Waals surface area contributed by atoms with E-state index in [1.807, 2.05) is 18.2 Å². The first-order valence-electron chi connectivity index (χ1n) is 10.1. The van der Waals surface area contributed by atoms with Crippen LogP contribution >= 0.6 is 0 Å². The molecule has 150 valence electrons. The van der Waals surface area contributed by atoms with Gasteiger partial charge in [-0.2, -0.15) is 5.10 Å². The summed E-state index contributed by atoms with van der Waals surface area (Å²) in [6.07, 6.45) is 4.12. The maximum absolute atomic E-state index is 12.7. The van der Waals surface area contributed by atoms with Crippen LogP contribution in [0.4, 0.5) is 11.5 Å². The molecule has 0 N–H and O–H groups in total. The molecule has 5 rings (SSSR count). The van der Waals surface area contributed by atoms with E-state index in [0.29, 0.717) is 11.3 Å². The predicted molar refractivity (Wildman–Crippen MR) is 113 cm³/mol. The second-order valence-electron chi connectivity index (χ2n) is 7.97. The average molecular weight is 392 g/mol. The molecule has 29 heavy (non-hydrogen) atoms. The number of fused-ring (bicyclic) bond motifs is 1. The van der Waals surface area contributed by atoms with Crippen LogP contribution in [0.25, 0.3) is 10.9 Å². The molecular weight excluding hydrogens is 368 g/mol. The molecule has 1 saturated heterocycles. The van der Waals surface area contributed by atoms with E-state index in [4.69, 9.17) is 0 Å². The fraction of sp³-hybridized carbons (Fsp3) is 0.429. The Morgan fingerprint density at radius 3 is 2.48 bits per heavy atom. The van der Waals surface area contributed by atoms with Crippen LogP contribution in [0.2, 0.25) is 0 Å². The van der Waals surface area contributed by atoms with Gasteiger partial charge in [-0.05, 0) is 43.0 Å². The highest BCUT2D eigenvalue weighted by Gasteiger charge is 2.23. The lowest BCUT2D eigenvalue weighted by Crippen LogP contribution is -2.47. The number of hydrogen-bond acceptors (Lipinski definition) is 6. The average Bonchev–Trinajstić information content (AvgIpc) is 3.56. The molecule has 3 heterocycles. The molecule has 0 amide bonds. The highest BCUT2D eigenvalue weighted by Crippen LogP contribution is 2.30. The van der Waals surface area contributed by atoms with E-state index >= 15 is 0 Å². The zero-order valence-electron chi connectivity index (χ0n) is 16.5. The molecule has 0 unspecified atom stereocenters. The van der Waals surface area contributed by atoms with Crippen molar-refractivity contribution in [1.29, 1.82) is 0 Å². The summed E-state index contributed by atoms with van der Waals surface area (Å²) in [6, 6.07) is 9.28.